The number of aromatic nitrogens is 3. The Morgan fingerprint density at radius 3 is 1.12 bits per heavy atom. The van der Waals surface area contributed by atoms with Gasteiger partial charge in [0.2, 0.25) is 0 Å². The minimum absolute atomic E-state index is 0.632. The molecule has 8 rings (SSSR count). The first-order valence-corrected chi connectivity index (χ1v) is 16.1. The van der Waals surface area contributed by atoms with Gasteiger partial charge in [-0.2, -0.15) is 0 Å². The first-order chi connectivity index (χ1) is 23.8. The zero-order valence-electron chi connectivity index (χ0n) is 26.2. The summed E-state index contributed by atoms with van der Waals surface area (Å²) >= 11 is 0. The third-order valence-corrected chi connectivity index (χ3v) is 8.58. The van der Waals surface area contributed by atoms with Gasteiger partial charge in [0.05, 0.1) is 0 Å². The summed E-state index contributed by atoms with van der Waals surface area (Å²) in [6.07, 6.45) is 0. The van der Waals surface area contributed by atoms with Crippen molar-refractivity contribution in [3.05, 3.63) is 188 Å². The monoisotopic (exact) mass is 613 g/mol. The van der Waals surface area contributed by atoms with E-state index in [1.54, 1.807) is 0 Å². The molecule has 0 bridgehead atoms. The molecule has 0 aliphatic carbocycles. The van der Waals surface area contributed by atoms with E-state index in [-0.39, 0.29) is 0 Å². The van der Waals surface area contributed by atoms with E-state index >= 15 is 0 Å². The van der Waals surface area contributed by atoms with Crippen LogP contribution < -0.4 is 0 Å². The zero-order valence-corrected chi connectivity index (χ0v) is 26.2. The van der Waals surface area contributed by atoms with Crippen LogP contribution >= 0.6 is 0 Å². The molecule has 3 heteroatoms. The molecular formula is C45H31N3. The van der Waals surface area contributed by atoms with E-state index in [1.165, 1.54) is 16.7 Å². The van der Waals surface area contributed by atoms with E-state index in [9.17, 15) is 0 Å². The fourth-order valence-electron chi connectivity index (χ4n) is 6.07. The molecule has 0 aliphatic heterocycles. The van der Waals surface area contributed by atoms with Gasteiger partial charge < -0.3 is 0 Å². The lowest BCUT2D eigenvalue weighted by atomic mass is 9.98. The van der Waals surface area contributed by atoms with E-state index in [0.29, 0.717) is 17.5 Å². The molecule has 0 N–H and O–H groups in total. The number of benzene rings is 7. The Kier molecular flexibility index (Phi) is 7.92. The van der Waals surface area contributed by atoms with Crippen LogP contribution in [0.25, 0.3) is 78.7 Å². The molecule has 0 saturated heterocycles. The number of rotatable bonds is 7. The van der Waals surface area contributed by atoms with Crippen LogP contribution in [0.2, 0.25) is 0 Å². The molecule has 48 heavy (non-hydrogen) atoms. The lowest BCUT2D eigenvalue weighted by molar-refractivity contribution is 1.07. The van der Waals surface area contributed by atoms with Crippen LogP contribution in [0, 0.1) is 0 Å². The van der Waals surface area contributed by atoms with Gasteiger partial charge in [-0.3, -0.25) is 0 Å². The second-order valence-electron chi connectivity index (χ2n) is 11.7. The highest BCUT2D eigenvalue weighted by Crippen LogP contribution is 2.34. The molecule has 0 radical (unpaired) electrons. The van der Waals surface area contributed by atoms with Crippen molar-refractivity contribution in [2.24, 2.45) is 0 Å². The van der Waals surface area contributed by atoms with E-state index in [1.807, 2.05) is 24.3 Å². The Bertz CT molecular complexity index is 2300. The van der Waals surface area contributed by atoms with Crippen molar-refractivity contribution >= 4 is 0 Å². The largest absolute Gasteiger partial charge is 0.208 e. The maximum atomic E-state index is 5.12. The maximum Gasteiger partial charge on any atom is 0.164 e. The molecule has 0 fully saturated rings. The lowest BCUT2D eigenvalue weighted by Gasteiger charge is -2.13. The van der Waals surface area contributed by atoms with Crippen molar-refractivity contribution in [3.8, 4) is 78.7 Å². The van der Waals surface area contributed by atoms with Gasteiger partial charge in [-0.05, 0) is 50.6 Å². The van der Waals surface area contributed by atoms with Gasteiger partial charge in [-0.15, -0.1) is 0 Å². The normalized spacial score (nSPS) is 10.9. The van der Waals surface area contributed by atoms with Crippen LogP contribution in [0.5, 0.6) is 0 Å². The van der Waals surface area contributed by atoms with E-state index in [4.69, 9.17) is 15.0 Å². The van der Waals surface area contributed by atoms with Gasteiger partial charge in [0, 0.05) is 16.7 Å². The van der Waals surface area contributed by atoms with E-state index in [0.717, 1.165) is 44.5 Å². The second-order valence-corrected chi connectivity index (χ2v) is 11.7. The third-order valence-electron chi connectivity index (χ3n) is 8.58. The van der Waals surface area contributed by atoms with Crippen LogP contribution in [-0.4, -0.2) is 15.0 Å². The van der Waals surface area contributed by atoms with Gasteiger partial charge in [0.1, 0.15) is 0 Å². The van der Waals surface area contributed by atoms with Gasteiger partial charge in [0.25, 0.3) is 0 Å². The van der Waals surface area contributed by atoms with Crippen LogP contribution in [-0.2, 0) is 0 Å². The van der Waals surface area contributed by atoms with Gasteiger partial charge >= 0.3 is 0 Å². The molecule has 0 spiro atoms. The van der Waals surface area contributed by atoms with Crippen molar-refractivity contribution in [3.63, 3.8) is 0 Å². The summed E-state index contributed by atoms with van der Waals surface area (Å²) in [4.78, 5) is 15.3. The molecule has 226 valence electrons. The molecule has 0 atom stereocenters. The number of nitrogens with zero attached hydrogens (tertiary/aromatic N) is 3. The molecule has 0 aliphatic rings. The molecule has 1 heterocycles. The standard InChI is InChI=1S/C45H31N3/c1-4-13-32(14-5-1)34-23-25-36(26-24-34)39-19-12-20-40(31-39)44-46-43(38-29-27-35(28-30-38)33-15-6-2-7-16-33)47-45(48-44)42-22-11-10-21-41(42)37-17-8-3-9-18-37/h1-31H. The maximum absolute atomic E-state index is 5.12. The Labute approximate surface area is 280 Å². The van der Waals surface area contributed by atoms with E-state index in [2.05, 4.69) is 164 Å². The van der Waals surface area contributed by atoms with Crippen molar-refractivity contribution < 1.29 is 0 Å². The minimum Gasteiger partial charge on any atom is -0.208 e. The average molecular weight is 614 g/mol. The highest BCUT2D eigenvalue weighted by molar-refractivity contribution is 5.82. The van der Waals surface area contributed by atoms with Crippen LogP contribution in [0.1, 0.15) is 0 Å². The molecule has 0 unspecified atom stereocenters. The molecule has 8 aromatic rings. The molecular weight excluding hydrogens is 583 g/mol. The first kappa shape index (κ1) is 29.0. The van der Waals surface area contributed by atoms with Crippen LogP contribution in [0.4, 0.5) is 0 Å². The summed E-state index contributed by atoms with van der Waals surface area (Å²) < 4.78 is 0. The van der Waals surface area contributed by atoms with Gasteiger partial charge in [0.15, 0.2) is 17.5 Å². The van der Waals surface area contributed by atoms with Crippen molar-refractivity contribution in [1.29, 1.82) is 0 Å². The number of hydrogen-bond donors (Lipinski definition) is 0. The Balaban J connectivity index is 1.23. The second kappa shape index (κ2) is 13.1. The molecule has 0 saturated carbocycles. The Hall–Kier alpha value is -6.45. The van der Waals surface area contributed by atoms with Crippen molar-refractivity contribution in [2.75, 3.05) is 0 Å². The highest BCUT2D eigenvalue weighted by Gasteiger charge is 2.16. The highest BCUT2D eigenvalue weighted by atomic mass is 15.0. The van der Waals surface area contributed by atoms with E-state index < -0.39 is 0 Å². The predicted molar refractivity (Wildman–Crippen MR) is 198 cm³/mol. The summed E-state index contributed by atoms with van der Waals surface area (Å²) in [6.45, 7) is 0. The van der Waals surface area contributed by atoms with Crippen LogP contribution in [0.15, 0.2) is 188 Å². The molecule has 1 aromatic heterocycles. The SMILES string of the molecule is c1ccc(-c2ccc(-c3cccc(-c4nc(-c5ccc(-c6ccccc6)cc5)nc(-c5ccccc5-c5ccccc5)n4)c3)cc2)cc1. The lowest BCUT2D eigenvalue weighted by Crippen LogP contribution is -2.01. The Morgan fingerprint density at radius 1 is 0.208 bits per heavy atom. The summed E-state index contributed by atoms with van der Waals surface area (Å²) in [7, 11) is 0. The summed E-state index contributed by atoms with van der Waals surface area (Å²) in [6, 6.07) is 65.2. The minimum atomic E-state index is 0.632. The first-order valence-electron chi connectivity index (χ1n) is 16.1. The quantitative estimate of drug-likeness (QED) is 0.179. The van der Waals surface area contributed by atoms with Gasteiger partial charge in [-0.1, -0.05) is 182 Å². The fourth-order valence-corrected chi connectivity index (χ4v) is 6.07. The predicted octanol–water partition coefficient (Wildman–Crippen LogP) is 11.5. The average Bonchev–Trinajstić information content (AvgIpc) is 3.19. The topological polar surface area (TPSA) is 38.7 Å². The van der Waals surface area contributed by atoms with Gasteiger partial charge in [-0.25, -0.2) is 15.0 Å². The zero-order chi connectivity index (χ0) is 32.1. The molecule has 3 nitrogen and oxygen atoms in total. The van der Waals surface area contributed by atoms with Crippen LogP contribution in [0.3, 0.4) is 0 Å². The summed E-state index contributed by atoms with van der Waals surface area (Å²) in [5, 5.41) is 0. The summed E-state index contributed by atoms with van der Waals surface area (Å²) in [5.41, 5.74) is 12.0. The summed E-state index contributed by atoms with van der Waals surface area (Å²) in [5.74, 6) is 1.90. The Morgan fingerprint density at radius 2 is 0.562 bits per heavy atom. The molecule has 0 amide bonds. The third kappa shape index (κ3) is 6.05. The fraction of sp³-hybridized carbons (Fsp3) is 0. The number of hydrogen-bond acceptors (Lipinski definition) is 3. The van der Waals surface area contributed by atoms with Crippen molar-refractivity contribution in [1.82, 2.24) is 15.0 Å². The molecule has 7 aromatic carbocycles. The van der Waals surface area contributed by atoms with Crippen molar-refractivity contribution in [2.45, 2.75) is 0 Å². The smallest absolute Gasteiger partial charge is 0.164 e.